The molecule has 0 amide bonds. The molecule has 1 unspecified atom stereocenters. The first kappa shape index (κ1) is 19.0. The van der Waals surface area contributed by atoms with Crippen molar-refractivity contribution < 1.29 is 4.21 Å². The summed E-state index contributed by atoms with van der Waals surface area (Å²) in [4.78, 5) is 1.70. The number of hydrogen-bond donors (Lipinski definition) is 0. The first-order valence-corrected chi connectivity index (χ1v) is 9.92. The molecule has 0 aromatic heterocycles. The molecule has 2 rings (SSSR count). The maximum atomic E-state index is 13.1. The van der Waals surface area contributed by atoms with Gasteiger partial charge in [0.2, 0.25) is 0 Å². The number of benzene rings is 1. The van der Waals surface area contributed by atoms with E-state index in [0.717, 1.165) is 16.2 Å². The summed E-state index contributed by atoms with van der Waals surface area (Å²) in [6.45, 7) is 13.1. The second-order valence-corrected chi connectivity index (χ2v) is 9.80. The van der Waals surface area contributed by atoms with Gasteiger partial charge in [0.15, 0.2) is 0 Å². The molecule has 1 nitrogen and oxygen atoms in total. The molecule has 1 atom stereocenters. The average molecular weight is 343 g/mol. The summed E-state index contributed by atoms with van der Waals surface area (Å²) in [7, 11) is -1.18. The quantitative estimate of drug-likeness (QED) is 0.580. The Labute approximate surface area is 150 Å². The number of rotatable bonds is 3. The van der Waals surface area contributed by atoms with Crippen LogP contribution in [0.15, 0.2) is 63.1 Å². The summed E-state index contributed by atoms with van der Waals surface area (Å²) in [5, 5.41) is 0. The lowest BCUT2D eigenvalue weighted by molar-refractivity contribution is 0.377. The average Bonchev–Trinajstić information content (AvgIpc) is 2.49. The molecular formula is C22H30OS. The van der Waals surface area contributed by atoms with E-state index >= 15 is 0 Å². The van der Waals surface area contributed by atoms with E-state index < -0.39 is 10.8 Å². The molecule has 0 spiro atoms. The fourth-order valence-corrected chi connectivity index (χ4v) is 4.67. The largest absolute Gasteiger partial charge is 0.249 e. The van der Waals surface area contributed by atoms with Gasteiger partial charge in [0, 0.05) is 10.3 Å². The van der Waals surface area contributed by atoms with Crippen molar-refractivity contribution in [1.82, 2.24) is 0 Å². The van der Waals surface area contributed by atoms with Crippen LogP contribution >= 0.6 is 0 Å². The Morgan fingerprint density at radius 3 is 2.38 bits per heavy atom. The van der Waals surface area contributed by atoms with Gasteiger partial charge in [0.05, 0.1) is 15.7 Å². The molecule has 24 heavy (non-hydrogen) atoms. The Morgan fingerprint density at radius 2 is 1.83 bits per heavy atom. The van der Waals surface area contributed by atoms with Crippen molar-refractivity contribution >= 4 is 10.8 Å². The molecule has 0 saturated heterocycles. The van der Waals surface area contributed by atoms with Crippen LogP contribution in [0.1, 0.15) is 60.8 Å². The van der Waals surface area contributed by atoms with Crippen molar-refractivity contribution in [3.8, 4) is 0 Å². The Kier molecular flexibility index (Phi) is 5.73. The highest BCUT2D eigenvalue weighted by Crippen LogP contribution is 2.41. The first-order valence-electron chi connectivity index (χ1n) is 8.77. The first-order chi connectivity index (χ1) is 11.1. The molecule has 0 radical (unpaired) electrons. The SMILES string of the molecule is CC1=C(C=C=C(S(=O)c2ccccc2)C(C)(C)C)C(C)(C)CCC1. The Morgan fingerprint density at radius 1 is 1.21 bits per heavy atom. The molecule has 1 aliphatic carbocycles. The summed E-state index contributed by atoms with van der Waals surface area (Å²) in [6, 6.07) is 9.69. The number of allylic oxidation sites excluding steroid dienone is 3. The minimum Gasteiger partial charge on any atom is -0.249 e. The van der Waals surface area contributed by atoms with Gasteiger partial charge in [-0.1, -0.05) is 58.4 Å². The van der Waals surface area contributed by atoms with Crippen LogP contribution < -0.4 is 0 Å². The lowest BCUT2D eigenvalue weighted by Crippen LogP contribution is -2.19. The van der Waals surface area contributed by atoms with Gasteiger partial charge in [-0.25, -0.2) is 4.21 Å². The Hall–Kier alpha value is -1.37. The maximum Gasteiger partial charge on any atom is 0.0892 e. The van der Waals surface area contributed by atoms with Crippen LogP contribution in [0.4, 0.5) is 0 Å². The standard InChI is InChI=1S/C22H30OS/c1-17-11-10-16-22(5,6)19(17)14-15-20(21(2,3)4)24(23)18-12-8-7-9-13-18/h7-9,12-14H,10-11,16H2,1-6H3. The Bertz CT molecular complexity index is 708. The molecule has 130 valence electrons. The second kappa shape index (κ2) is 7.25. The van der Waals surface area contributed by atoms with Crippen LogP contribution in [0.25, 0.3) is 0 Å². The van der Waals surface area contributed by atoms with Crippen molar-refractivity contribution in [3.63, 3.8) is 0 Å². The Balaban J connectivity index is 2.53. The van der Waals surface area contributed by atoms with Gasteiger partial charge in [-0.2, -0.15) is 0 Å². The highest BCUT2D eigenvalue weighted by atomic mass is 32.2. The summed E-state index contributed by atoms with van der Waals surface area (Å²) >= 11 is 0. The third-order valence-corrected chi connectivity index (χ3v) is 6.52. The van der Waals surface area contributed by atoms with Gasteiger partial charge in [-0.05, 0) is 55.4 Å². The molecule has 0 heterocycles. The van der Waals surface area contributed by atoms with Crippen molar-refractivity contribution in [2.75, 3.05) is 0 Å². The summed E-state index contributed by atoms with van der Waals surface area (Å²) in [5.74, 6) is 0. The molecule has 0 N–H and O–H groups in total. The third kappa shape index (κ3) is 4.37. The summed E-state index contributed by atoms with van der Waals surface area (Å²) in [6.07, 6.45) is 5.71. The van der Waals surface area contributed by atoms with Crippen molar-refractivity contribution in [2.45, 2.75) is 65.7 Å². The highest BCUT2D eigenvalue weighted by molar-refractivity contribution is 7.89. The highest BCUT2D eigenvalue weighted by Gasteiger charge is 2.28. The van der Waals surface area contributed by atoms with Gasteiger partial charge in [0.1, 0.15) is 0 Å². The fraction of sp³-hybridized carbons (Fsp3) is 0.500. The predicted octanol–water partition coefficient (Wildman–Crippen LogP) is 6.41. The topological polar surface area (TPSA) is 17.1 Å². The monoisotopic (exact) mass is 342 g/mol. The molecule has 0 aliphatic heterocycles. The summed E-state index contributed by atoms with van der Waals surface area (Å²) < 4.78 is 13.1. The minimum atomic E-state index is -1.18. The van der Waals surface area contributed by atoms with E-state index in [1.165, 1.54) is 24.0 Å². The van der Waals surface area contributed by atoms with Crippen molar-refractivity contribution in [1.29, 1.82) is 0 Å². The van der Waals surface area contributed by atoms with Gasteiger partial charge in [-0.15, -0.1) is 5.73 Å². The second-order valence-electron chi connectivity index (χ2n) is 8.38. The van der Waals surface area contributed by atoms with E-state index in [4.69, 9.17) is 0 Å². The zero-order valence-electron chi connectivity index (χ0n) is 15.9. The zero-order chi connectivity index (χ0) is 18.0. The smallest absolute Gasteiger partial charge is 0.0892 e. The molecule has 1 aromatic rings. The van der Waals surface area contributed by atoms with E-state index in [1.54, 1.807) is 0 Å². The lowest BCUT2D eigenvalue weighted by atomic mass is 9.73. The lowest BCUT2D eigenvalue weighted by Gasteiger charge is -2.32. The van der Waals surface area contributed by atoms with E-state index in [9.17, 15) is 4.21 Å². The van der Waals surface area contributed by atoms with E-state index in [2.05, 4.69) is 53.3 Å². The van der Waals surface area contributed by atoms with Crippen molar-refractivity contribution in [2.24, 2.45) is 10.8 Å². The van der Waals surface area contributed by atoms with Gasteiger partial charge in [0.25, 0.3) is 0 Å². The van der Waals surface area contributed by atoms with Gasteiger partial charge < -0.3 is 0 Å². The van der Waals surface area contributed by atoms with Gasteiger partial charge in [-0.3, -0.25) is 0 Å². The van der Waals surface area contributed by atoms with E-state index in [1.807, 2.05) is 30.3 Å². The molecule has 1 aromatic carbocycles. The van der Waals surface area contributed by atoms with Crippen LogP contribution in [0.5, 0.6) is 0 Å². The third-order valence-electron chi connectivity index (χ3n) is 4.71. The van der Waals surface area contributed by atoms with Crippen LogP contribution in [0.2, 0.25) is 0 Å². The van der Waals surface area contributed by atoms with Crippen molar-refractivity contribution in [3.05, 3.63) is 58.2 Å². The van der Waals surface area contributed by atoms with Crippen LogP contribution in [-0.4, -0.2) is 4.21 Å². The normalized spacial score (nSPS) is 18.8. The van der Waals surface area contributed by atoms with E-state index in [0.29, 0.717) is 0 Å². The maximum absolute atomic E-state index is 13.1. The molecule has 2 heteroatoms. The minimum absolute atomic E-state index is 0.173. The zero-order valence-corrected chi connectivity index (χ0v) is 16.7. The van der Waals surface area contributed by atoms with Crippen LogP contribution in [-0.2, 0) is 10.8 Å². The summed E-state index contributed by atoms with van der Waals surface area (Å²) in [5.41, 5.74) is 6.23. The molecule has 0 bridgehead atoms. The van der Waals surface area contributed by atoms with Crippen LogP contribution in [0.3, 0.4) is 0 Å². The molecule has 0 saturated carbocycles. The molecule has 0 fully saturated rings. The fourth-order valence-electron chi connectivity index (χ4n) is 3.31. The van der Waals surface area contributed by atoms with Gasteiger partial charge >= 0.3 is 0 Å². The van der Waals surface area contributed by atoms with Crippen LogP contribution in [0, 0.1) is 10.8 Å². The predicted molar refractivity (Wildman–Crippen MR) is 104 cm³/mol. The van der Waals surface area contributed by atoms with E-state index in [-0.39, 0.29) is 10.8 Å². The number of hydrogen-bond acceptors (Lipinski definition) is 1. The molecular weight excluding hydrogens is 312 g/mol. The molecule has 1 aliphatic rings.